The number of ether oxygens (including phenoxy) is 1. The second kappa shape index (κ2) is 7.11. The summed E-state index contributed by atoms with van der Waals surface area (Å²) in [6, 6.07) is 4.01. The molecule has 0 atom stereocenters. The topological polar surface area (TPSA) is 37.7 Å². The predicted octanol–water partition coefficient (Wildman–Crippen LogP) is 5.13. The highest BCUT2D eigenvalue weighted by molar-refractivity contribution is 7.08. The Morgan fingerprint density at radius 3 is 2.64 bits per heavy atom. The summed E-state index contributed by atoms with van der Waals surface area (Å²) < 4.78 is 10.1. The van der Waals surface area contributed by atoms with Crippen LogP contribution in [0.5, 0.6) is 10.8 Å². The fourth-order valence-corrected chi connectivity index (χ4v) is 2.67. The lowest BCUT2D eigenvalue weighted by atomic mass is 10.1. The Hall–Kier alpha value is -1.59. The van der Waals surface area contributed by atoms with E-state index < -0.39 is 0 Å². The van der Waals surface area contributed by atoms with Gasteiger partial charge in [-0.3, -0.25) is 0 Å². The van der Waals surface area contributed by atoms with E-state index in [1.165, 1.54) is 11.5 Å². The van der Waals surface area contributed by atoms with Gasteiger partial charge in [0.25, 0.3) is 0 Å². The molecule has 0 unspecified atom stereocenters. The number of halogens is 1. The molecule has 0 amide bonds. The SMILES string of the molecule is CCN(C)C=Nc1cc(C)c(Oc2snc(C)c2Cl)cc1C. The van der Waals surface area contributed by atoms with E-state index in [9.17, 15) is 0 Å². The fraction of sp³-hybridized carbons (Fsp3) is 0.375. The highest BCUT2D eigenvalue weighted by Crippen LogP contribution is 2.38. The summed E-state index contributed by atoms with van der Waals surface area (Å²) >= 11 is 7.44. The van der Waals surface area contributed by atoms with Crippen molar-refractivity contribution in [3.8, 4) is 10.8 Å². The van der Waals surface area contributed by atoms with E-state index in [1.807, 2.05) is 51.2 Å². The van der Waals surface area contributed by atoms with E-state index in [2.05, 4.69) is 16.3 Å². The fourth-order valence-electron chi connectivity index (χ4n) is 1.77. The van der Waals surface area contributed by atoms with Crippen molar-refractivity contribution in [2.24, 2.45) is 4.99 Å². The molecule has 0 N–H and O–H groups in total. The summed E-state index contributed by atoms with van der Waals surface area (Å²) in [6.07, 6.45) is 1.84. The van der Waals surface area contributed by atoms with Crippen LogP contribution in [0.4, 0.5) is 5.69 Å². The highest BCUT2D eigenvalue weighted by atomic mass is 35.5. The molecule has 22 heavy (non-hydrogen) atoms. The van der Waals surface area contributed by atoms with Gasteiger partial charge in [0.05, 0.1) is 17.7 Å². The molecule has 0 radical (unpaired) electrons. The van der Waals surface area contributed by atoms with Gasteiger partial charge in [0.2, 0.25) is 5.06 Å². The molecular formula is C16H20ClN3OS. The molecule has 6 heteroatoms. The molecule has 2 aromatic rings. The Kier molecular flexibility index (Phi) is 5.42. The average molecular weight is 338 g/mol. The van der Waals surface area contributed by atoms with Crippen molar-refractivity contribution in [3.63, 3.8) is 0 Å². The first-order chi connectivity index (χ1) is 10.4. The second-order valence-corrected chi connectivity index (χ2v) is 6.31. The van der Waals surface area contributed by atoms with E-state index in [-0.39, 0.29) is 0 Å². The molecule has 0 aliphatic rings. The van der Waals surface area contributed by atoms with Crippen LogP contribution in [0.25, 0.3) is 0 Å². The van der Waals surface area contributed by atoms with E-state index >= 15 is 0 Å². The molecule has 0 saturated carbocycles. The van der Waals surface area contributed by atoms with Crippen LogP contribution in [0, 0.1) is 20.8 Å². The van der Waals surface area contributed by atoms with Crippen molar-refractivity contribution in [1.82, 2.24) is 9.27 Å². The van der Waals surface area contributed by atoms with Crippen LogP contribution in [0.2, 0.25) is 5.02 Å². The average Bonchev–Trinajstić information content (AvgIpc) is 2.80. The summed E-state index contributed by atoms with van der Waals surface area (Å²) in [6.45, 7) is 8.89. The Balaban J connectivity index is 2.26. The summed E-state index contributed by atoms with van der Waals surface area (Å²) in [5.74, 6) is 0.783. The predicted molar refractivity (Wildman–Crippen MR) is 94.3 cm³/mol. The molecule has 0 aliphatic heterocycles. The molecule has 2 rings (SSSR count). The third kappa shape index (κ3) is 3.78. The third-order valence-electron chi connectivity index (χ3n) is 3.35. The van der Waals surface area contributed by atoms with Gasteiger partial charge in [0.1, 0.15) is 10.8 Å². The molecule has 1 heterocycles. The monoisotopic (exact) mass is 337 g/mol. The van der Waals surface area contributed by atoms with Gasteiger partial charge in [-0.2, -0.15) is 4.37 Å². The Morgan fingerprint density at radius 2 is 2.05 bits per heavy atom. The smallest absolute Gasteiger partial charge is 0.218 e. The van der Waals surface area contributed by atoms with E-state index in [0.29, 0.717) is 10.1 Å². The van der Waals surface area contributed by atoms with Gasteiger partial charge in [-0.05, 0) is 51.0 Å². The maximum absolute atomic E-state index is 6.18. The zero-order valence-electron chi connectivity index (χ0n) is 13.5. The molecule has 4 nitrogen and oxygen atoms in total. The molecular weight excluding hydrogens is 318 g/mol. The number of benzene rings is 1. The zero-order valence-corrected chi connectivity index (χ0v) is 15.0. The number of hydrogen-bond acceptors (Lipinski definition) is 4. The van der Waals surface area contributed by atoms with Crippen molar-refractivity contribution in [3.05, 3.63) is 34.0 Å². The number of nitrogens with zero attached hydrogens (tertiary/aromatic N) is 3. The molecule has 0 saturated heterocycles. The first kappa shape index (κ1) is 16.8. The van der Waals surface area contributed by atoms with Crippen LogP contribution in [0.1, 0.15) is 23.7 Å². The standard InChI is InChI=1S/C16H20ClN3OS/c1-6-20(5)9-18-13-7-11(3)14(8-10(13)2)21-16-15(17)12(4)19-22-16/h7-9H,6H2,1-5H3. The maximum atomic E-state index is 6.18. The van der Waals surface area contributed by atoms with E-state index in [1.54, 1.807) is 0 Å². The first-order valence-corrected chi connectivity index (χ1v) is 8.22. The zero-order chi connectivity index (χ0) is 16.3. The molecule has 1 aromatic heterocycles. The molecule has 1 aromatic carbocycles. The van der Waals surface area contributed by atoms with Gasteiger partial charge in [-0.25, -0.2) is 4.99 Å². The Bertz CT molecular complexity index is 697. The van der Waals surface area contributed by atoms with Crippen LogP contribution < -0.4 is 4.74 Å². The van der Waals surface area contributed by atoms with Gasteiger partial charge in [0.15, 0.2) is 0 Å². The lowest BCUT2D eigenvalue weighted by molar-refractivity contribution is 0.492. The van der Waals surface area contributed by atoms with Crippen LogP contribution >= 0.6 is 23.1 Å². The minimum absolute atomic E-state index is 0.578. The minimum atomic E-state index is 0.578. The van der Waals surface area contributed by atoms with E-state index in [4.69, 9.17) is 16.3 Å². The Morgan fingerprint density at radius 1 is 1.32 bits per heavy atom. The molecule has 0 fully saturated rings. The summed E-state index contributed by atoms with van der Waals surface area (Å²) in [5, 5.41) is 1.21. The van der Waals surface area contributed by atoms with Crippen LogP contribution in [-0.4, -0.2) is 29.2 Å². The number of hydrogen-bond donors (Lipinski definition) is 0. The largest absolute Gasteiger partial charge is 0.443 e. The Labute approximate surface area is 140 Å². The molecule has 0 bridgehead atoms. The summed E-state index contributed by atoms with van der Waals surface area (Å²) in [4.78, 5) is 6.54. The number of aliphatic imine (C=N–C) groups is 1. The summed E-state index contributed by atoms with van der Waals surface area (Å²) in [7, 11) is 2.00. The third-order valence-corrected chi connectivity index (χ3v) is 4.73. The van der Waals surface area contributed by atoms with Crippen molar-refractivity contribution in [2.45, 2.75) is 27.7 Å². The first-order valence-electron chi connectivity index (χ1n) is 7.07. The van der Waals surface area contributed by atoms with Crippen molar-refractivity contribution in [1.29, 1.82) is 0 Å². The number of aryl methyl sites for hydroxylation is 3. The van der Waals surface area contributed by atoms with Crippen molar-refractivity contribution >= 4 is 35.2 Å². The van der Waals surface area contributed by atoms with Gasteiger partial charge in [-0.1, -0.05) is 11.6 Å². The highest BCUT2D eigenvalue weighted by Gasteiger charge is 2.13. The molecule has 118 valence electrons. The van der Waals surface area contributed by atoms with Gasteiger partial charge in [0, 0.05) is 25.1 Å². The van der Waals surface area contributed by atoms with Crippen LogP contribution in [0.15, 0.2) is 17.1 Å². The van der Waals surface area contributed by atoms with Gasteiger partial charge in [-0.15, -0.1) is 0 Å². The van der Waals surface area contributed by atoms with Gasteiger partial charge < -0.3 is 9.64 Å². The summed E-state index contributed by atoms with van der Waals surface area (Å²) in [5.41, 5.74) is 3.80. The minimum Gasteiger partial charge on any atom is -0.443 e. The molecule has 0 aliphatic carbocycles. The van der Waals surface area contributed by atoms with Crippen molar-refractivity contribution < 1.29 is 4.74 Å². The number of rotatable bonds is 5. The van der Waals surface area contributed by atoms with Crippen LogP contribution in [-0.2, 0) is 0 Å². The number of aromatic nitrogens is 1. The van der Waals surface area contributed by atoms with Gasteiger partial charge >= 0.3 is 0 Å². The normalized spacial score (nSPS) is 11.2. The lowest BCUT2D eigenvalue weighted by Crippen LogP contribution is -2.14. The lowest BCUT2D eigenvalue weighted by Gasteiger charge is -2.12. The molecule has 0 spiro atoms. The van der Waals surface area contributed by atoms with Crippen LogP contribution in [0.3, 0.4) is 0 Å². The maximum Gasteiger partial charge on any atom is 0.218 e. The van der Waals surface area contributed by atoms with E-state index in [0.717, 1.165) is 34.8 Å². The second-order valence-electron chi connectivity index (χ2n) is 5.19. The van der Waals surface area contributed by atoms with Crippen molar-refractivity contribution in [2.75, 3.05) is 13.6 Å². The quantitative estimate of drug-likeness (QED) is 0.561.